The van der Waals surface area contributed by atoms with Gasteiger partial charge in [-0.15, -0.1) is 0 Å². The highest BCUT2D eigenvalue weighted by molar-refractivity contribution is 7.85. The normalized spacial score (nSPS) is 19.2. The molecule has 2 aliphatic heterocycles. The van der Waals surface area contributed by atoms with Crippen LogP contribution in [0.15, 0.2) is 0 Å². The molecule has 7 heteroatoms. The van der Waals surface area contributed by atoms with Gasteiger partial charge in [-0.25, -0.2) is 0 Å². The number of rotatable bonds is 4. The highest BCUT2D eigenvalue weighted by atomic mass is 32.2. The van der Waals surface area contributed by atoms with E-state index in [-0.39, 0.29) is 20.0 Å². The van der Waals surface area contributed by atoms with E-state index in [9.17, 15) is 8.42 Å². The lowest BCUT2D eigenvalue weighted by atomic mass is 10.1. The zero-order valence-corrected chi connectivity index (χ0v) is 11.8. The Hall–Kier alpha value is -0.210. The molecule has 118 valence electrons. The van der Waals surface area contributed by atoms with Crippen LogP contribution in [0.5, 0.6) is 0 Å². The predicted octanol–water partition coefficient (Wildman–Crippen LogP) is 0.896. The van der Waals surface area contributed by atoms with E-state index in [4.69, 9.17) is 16.0 Å². The highest BCUT2D eigenvalue weighted by Gasteiger charge is 2.20. The van der Waals surface area contributed by atoms with Crippen molar-refractivity contribution in [1.82, 2.24) is 0 Å². The summed E-state index contributed by atoms with van der Waals surface area (Å²) >= 11 is 0. The zero-order chi connectivity index (χ0) is 14.7. The molecule has 0 aromatic rings. The molecule has 0 aliphatic carbocycles. The van der Waals surface area contributed by atoms with Crippen molar-refractivity contribution in [1.29, 1.82) is 0 Å². The van der Waals surface area contributed by atoms with Crippen molar-refractivity contribution in [3.05, 3.63) is 0 Å². The minimum atomic E-state index is -3.25. The standard InChI is InChI=1S/C5H10O4S.C4H8O2.C2H6.CH4/c1-10(6,7)9-4-5-2-8-3-5;5-1-4-2-6-3-4;1-2;/h5H,2-4H2,1H3;4-5H,1-3H2;1-2H3;1H4/i;;1D;. The van der Waals surface area contributed by atoms with Crippen LogP contribution in [0.2, 0.25) is 0 Å². The minimum Gasteiger partial charge on any atom is -0.396 e. The third-order valence-electron chi connectivity index (χ3n) is 2.19. The quantitative estimate of drug-likeness (QED) is 0.777. The Morgan fingerprint density at radius 2 is 1.68 bits per heavy atom. The number of hydrogen-bond donors (Lipinski definition) is 1. The summed E-state index contributed by atoms with van der Waals surface area (Å²) in [5.41, 5.74) is 0. The molecule has 2 rings (SSSR count). The Bertz CT molecular complexity index is 298. The fourth-order valence-corrected chi connectivity index (χ4v) is 1.43. The highest BCUT2D eigenvalue weighted by Crippen LogP contribution is 2.10. The van der Waals surface area contributed by atoms with Crippen LogP contribution in [0.4, 0.5) is 0 Å². The van der Waals surface area contributed by atoms with Gasteiger partial charge in [0.1, 0.15) is 0 Å². The summed E-state index contributed by atoms with van der Waals surface area (Å²) in [6, 6.07) is 0. The molecule has 0 bridgehead atoms. The molecule has 1 N–H and O–H groups in total. The first-order chi connectivity index (χ1) is 8.92. The molecule has 6 nitrogen and oxygen atoms in total. The summed E-state index contributed by atoms with van der Waals surface area (Å²) in [6.45, 7) is 5.61. The van der Waals surface area contributed by atoms with Crippen molar-refractivity contribution in [2.24, 2.45) is 11.8 Å². The summed E-state index contributed by atoms with van der Waals surface area (Å²) in [6.07, 6.45) is 1.05. The number of aliphatic hydroxyl groups is 1. The fourth-order valence-electron chi connectivity index (χ4n) is 0.990. The zero-order valence-electron chi connectivity index (χ0n) is 12.0. The Labute approximate surface area is 118 Å². The van der Waals surface area contributed by atoms with Crippen LogP contribution in [0.1, 0.15) is 22.6 Å². The molecular formula is C12H28O6S. The average Bonchev–Trinajstić information content (AvgIpc) is 2.13. The molecule has 0 saturated carbocycles. The van der Waals surface area contributed by atoms with Crippen LogP contribution >= 0.6 is 0 Å². The molecule has 2 saturated heterocycles. The topological polar surface area (TPSA) is 82.1 Å². The number of aliphatic hydroxyl groups excluding tert-OH is 1. The van der Waals surface area contributed by atoms with E-state index in [1.54, 1.807) is 6.92 Å². The first-order valence-electron chi connectivity index (χ1n) is 6.53. The summed E-state index contributed by atoms with van der Waals surface area (Å²) in [5.74, 6) is 0.722. The smallest absolute Gasteiger partial charge is 0.264 e. The maximum absolute atomic E-state index is 10.4. The molecule has 0 spiro atoms. The van der Waals surface area contributed by atoms with Crippen LogP contribution in [0.3, 0.4) is 0 Å². The van der Waals surface area contributed by atoms with Gasteiger partial charge in [0.15, 0.2) is 0 Å². The SMILES string of the molecule is C.CS(=O)(=O)OCC1COC1.OCC1COC1.[2H]CC. The Morgan fingerprint density at radius 3 is 1.84 bits per heavy atom. The Kier molecular flexibility index (Phi) is 11.5. The van der Waals surface area contributed by atoms with Gasteiger partial charge in [0.2, 0.25) is 0 Å². The molecule has 2 fully saturated rings. The predicted molar refractivity (Wildman–Crippen MR) is 74.6 cm³/mol. The lowest BCUT2D eigenvalue weighted by Crippen LogP contribution is -2.32. The van der Waals surface area contributed by atoms with Crippen LogP contribution in [0, 0.1) is 11.8 Å². The van der Waals surface area contributed by atoms with Gasteiger partial charge in [-0.3, -0.25) is 4.18 Å². The van der Waals surface area contributed by atoms with Crippen molar-refractivity contribution in [3.8, 4) is 0 Å². The summed E-state index contributed by atoms with van der Waals surface area (Å²) in [7, 11) is -3.25. The third kappa shape index (κ3) is 11.3. The van der Waals surface area contributed by atoms with E-state index in [0.717, 1.165) is 19.5 Å². The van der Waals surface area contributed by atoms with E-state index in [1.807, 2.05) is 0 Å². The van der Waals surface area contributed by atoms with Crippen LogP contribution in [0.25, 0.3) is 0 Å². The molecule has 2 heterocycles. The van der Waals surface area contributed by atoms with Gasteiger partial charge in [0, 0.05) is 13.2 Å². The maximum Gasteiger partial charge on any atom is 0.264 e. The molecule has 19 heavy (non-hydrogen) atoms. The molecule has 0 atom stereocenters. The second-order valence-electron chi connectivity index (χ2n) is 3.98. The summed E-state index contributed by atoms with van der Waals surface area (Å²) in [4.78, 5) is 0. The first-order valence-corrected chi connectivity index (χ1v) is 7.64. The van der Waals surface area contributed by atoms with Crippen LogP contribution in [-0.4, -0.2) is 59.4 Å². The molecule has 0 amide bonds. The fraction of sp³-hybridized carbons (Fsp3) is 1.00. The van der Waals surface area contributed by atoms with E-state index >= 15 is 0 Å². The average molecular weight is 301 g/mol. The van der Waals surface area contributed by atoms with Gasteiger partial charge < -0.3 is 14.6 Å². The van der Waals surface area contributed by atoms with E-state index in [0.29, 0.717) is 32.6 Å². The summed E-state index contributed by atoms with van der Waals surface area (Å²) < 4.78 is 41.2. The van der Waals surface area contributed by atoms with Crippen molar-refractivity contribution < 1.29 is 28.6 Å². The Balaban J connectivity index is 0. The number of ether oxygens (including phenoxy) is 2. The van der Waals surface area contributed by atoms with Crippen molar-refractivity contribution in [2.45, 2.75) is 21.3 Å². The summed E-state index contributed by atoms with van der Waals surface area (Å²) in [5, 5.41) is 8.31. The largest absolute Gasteiger partial charge is 0.396 e. The number of hydrogen-bond acceptors (Lipinski definition) is 6. The van der Waals surface area contributed by atoms with Gasteiger partial charge in [-0.2, -0.15) is 8.42 Å². The lowest BCUT2D eigenvalue weighted by Gasteiger charge is -2.24. The molecule has 0 aromatic carbocycles. The second-order valence-corrected chi connectivity index (χ2v) is 5.62. The lowest BCUT2D eigenvalue weighted by molar-refractivity contribution is -0.0554. The van der Waals surface area contributed by atoms with Gasteiger partial charge in [0.25, 0.3) is 10.1 Å². The van der Waals surface area contributed by atoms with Crippen molar-refractivity contribution in [2.75, 3.05) is 45.9 Å². The molecule has 0 unspecified atom stereocenters. The van der Waals surface area contributed by atoms with E-state index in [1.165, 1.54) is 0 Å². The van der Waals surface area contributed by atoms with Gasteiger partial charge in [0.05, 0.1) is 45.9 Å². The molecule has 0 radical (unpaired) electrons. The van der Waals surface area contributed by atoms with Crippen LogP contribution < -0.4 is 0 Å². The minimum absolute atomic E-state index is 0. The van der Waals surface area contributed by atoms with E-state index in [2.05, 4.69) is 4.18 Å². The van der Waals surface area contributed by atoms with Crippen LogP contribution in [-0.2, 0) is 23.8 Å². The molecular weight excluding hydrogens is 272 g/mol. The van der Waals surface area contributed by atoms with E-state index < -0.39 is 10.1 Å². The second kappa shape index (κ2) is 11.6. The molecule has 0 aromatic heterocycles. The van der Waals surface area contributed by atoms with Crippen molar-refractivity contribution in [3.63, 3.8) is 0 Å². The maximum atomic E-state index is 10.4. The third-order valence-corrected chi connectivity index (χ3v) is 2.75. The van der Waals surface area contributed by atoms with Gasteiger partial charge in [-0.1, -0.05) is 21.3 Å². The Morgan fingerprint density at radius 1 is 1.26 bits per heavy atom. The van der Waals surface area contributed by atoms with Gasteiger partial charge >= 0.3 is 0 Å². The van der Waals surface area contributed by atoms with Gasteiger partial charge in [-0.05, 0) is 0 Å². The van der Waals surface area contributed by atoms with Crippen molar-refractivity contribution >= 4 is 10.1 Å². The monoisotopic (exact) mass is 301 g/mol. The first kappa shape index (κ1) is 18.8. The molecule has 2 aliphatic rings.